The van der Waals surface area contributed by atoms with Crippen molar-refractivity contribution in [2.24, 2.45) is 0 Å². The van der Waals surface area contributed by atoms with E-state index in [4.69, 9.17) is 5.11 Å². The number of likely N-dealkylation sites (N-methyl/N-ethyl adjacent to an activating group) is 1. The summed E-state index contributed by atoms with van der Waals surface area (Å²) < 4.78 is 0.528. The molecule has 0 spiro atoms. The van der Waals surface area contributed by atoms with Crippen LogP contribution < -0.4 is 10.2 Å². The molecule has 0 saturated carbocycles. The van der Waals surface area contributed by atoms with Crippen LogP contribution in [0.25, 0.3) is 0 Å². The lowest BCUT2D eigenvalue weighted by Gasteiger charge is -2.25. The van der Waals surface area contributed by atoms with Crippen molar-refractivity contribution in [1.82, 2.24) is 5.32 Å². The highest BCUT2D eigenvalue weighted by Crippen LogP contribution is 2.29. The minimum absolute atomic E-state index is 0.00377. The number of carbonyl (C=O) groups is 2. The molecule has 1 aromatic rings. The van der Waals surface area contributed by atoms with Gasteiger partial charge >= 0.3 is 5.97 Å². The van der Waals surface area contributed by atoms with Gasteiger partial charge in [0.2, 0.25) is 5.91 Å². The Morgan fingerprint density at radius 2 is 2.21 bits per heavy atom. The lowest BCUT2D eigenvalue weighted by atomic mass is 10.1. The number of benzene rings is 1. The van der Waals surface area contributed by atoms with Crippen molar-refractivity contribution in [3.8, 4) is 0 Å². The van der Waals surface area contributed by atoms with E-state index in [2.05, 4.69) is 21.2 Å². The summed E-state index contributed by atoms with van der Waals surface area (Å²) in [6.45, 7) is 0.803. The van der Waals surface area contributed by atoms with Crippen LogP contribution in [0.15, 0.2) is 22.7 Å². The van der Waals surface area contributed by atoms with Crippen molar-refractivity contribution in [3.05, 3.63) is 28.2 Å². The highest BCUT2D eigenvalue weighted by molar-refractivity contribution is 9.10. The Labute approximate surface area is 119 Å². The average Bonchev–Trinajstić information content (AvgIpc) is 2.86. The molecule has 1 fully saturated rings. The van der Waals surface area contributed by atoms with E-state index >= 15 is 0 Å². The van der Waals surface area contributed by atoms with Gasteiger partial charge in [-0.2, -0.15) is 0 Å². The molecule has 1 unspecified atom stereocenters. The Balaban J connectivity index is 2.29. The number of aromatic carboxylic acids is 1. The van der Waals surface area contributed by atoms with Crippen molar-refractivity contribution >= 4 is 33.5 Å². The van der Waals surface area contributed by atoms with Gasteiger partial charge in [-0.3, -0.25) is 4.79 Å². The fraction of sp³-hybridized carbons (Fsp3) is 0.385. The third kappa shape index (κ3) is 2.73. The number of carbonyl (C=O) groups excluding carboxylic acids is 1. The summed E-state index contributed by atoms with van der Waals surface area (Å²) in [5.74, 6) is -0.973. The topological polar surface area (TPSA) is 69.6 Å². The van der Waals surface area contributed by atoms with Crippen LogP contribution in [0.4, 0.5) is 5.69 Å². The molecule has 1 aromatic carbocycles. The van der Waals surface area contributed by atoms with E-state index in [1.54, 1.807) is 25.2 Å². The maximum atomic E-state index is 11.8. The third-order valence-corrected chi connectivity index (χ3v) is 3.97. The third-order valence-electron chi connectivity index (χ3n) is 3.32. The van der Waals surface area contributed by atoms with Crippen LogP contribution in [0.5, 0.6) is 0 Å². The second kappa shape index (κ2) is 5.61. The molecule has 2 rings (SSSR count). The van der Waals surface area contributed by atoms with E-state index in [0.717, 1.165) is 25.1 Å². The number of nitrogens with one attached hydrogen (secondary N) is 1. The number of halogens is 1. The Morgan fingerprint density at radius 1 is 1.47 bits per heavy atom. The zero-order valence-electron chi connectivity index (χ0n) is 10.5. The number of carboxylic acid groups (broad SMARTS) is 1. The smallest absolute Gasteiger partial charge is 0.336 e. The van der Waals surface area contributed by atoms with Crippen molar-refractivity contribution in [2.45, 2.75) is 18.9 Å². The first-order valence-electron chi connectivity index (χ1n) is 6.05. The van der Waals surface area contributed by atoms with Gasteiger partial charge in [-0.15, -0.1) is 0 Å². The highest BCUT2D eigenvalue weighted by atomic mass is 79.9. The molecule has 1 saturated heterocycles. The minimum atomic E-state index is -0.970. The summed E-state index contributed by atoms with van der Waals surface area (Å²) >= 11 is 3.26. The maximum Gasteiger partial charge on any atom is 0.336 e. The number of amides is 1. The molecule has 0 aromatic heterocycles. The van der Waals surface area contributed by atoms with Crippen LogP contribution >= 0.6 is 15.9 Å². The molecule has 102 valence electrons. The summed E-state index contributed by atoms with van der Waals surface area (Å²) in [6.07, 6.45) is 1.77. The fourth-order valence-corrected chi connectivity index (χ4v) is 2.91. The standard InChI is InChI=1S/C13H15BrN2O3/c1-15-12(17)11-3-2-6-16(11)8-4-5-9(13(18)19)10(14)7-8/h4-5,7,11H,2-3,6H2,1H3,(H,15,17)(H,18,19). The number of nitrogens with zero attached hydrogens (tertiary/aromatic N) is 1. The number of rotatable bonds is 3. The van der Waals surface area contributed by atoms with Crippen LogP contribution in [-0.4, -0.2) is 36.6 Å². The average molecular weight is 327 g/mol. The largest absolute Gasteiger partial charge is 0.478 e. The van der Waals surface area contributed by atoms with E-state index in [1.807, 2.05) is 4.90 Å². The summed E-state index contributed by atoms with van der Waals surface area (Å²) in [7, 11) is 1.63. The van der Waals surface area contributed by atoms with Crippen LogP contribution in [0.3, 0.4) is 0 Å². The molecule has 0 bridgehead atoms. The first-order chi connectivity index (χ1) is 9.04. The lowest BCUT2D eigenvalue weighted by Crippen LogP contribution is -2.42. The number of hydrogen-bond donors (Lipinski definition) is 2. The lowest BCUT2D eigenvalue weighted by molar-refractivity contribution is -0.121. The Kier molecular flexibility index (Phi) is 4.09. The van der Waals surface area contributed by atoms with Gasteiger partial charge in [-0.05, 0) is 47.0 Å². The molecule has 0 aliphatic carbocycles. The summed E-state index contributed by atoms with van der Waals surface area (Å²) in [6, 6.07) is 4.88. The number of anilines is 1. The van der Waals surface area contributed by atoms with Crippen LogP contribution in [0.2, 0.25) is 0 Å². The molecule has 1 atom stereocenters. The van der Waals surface area contributed by atoms with Gasteiger partial charge in [0.1, 0.15) is 6.04 Å². The number of carboxylic acids is 1. The van der Waals surface area contributed by atoms with Crippen LogP contribution in [0, 0.1) is 0 Å². The molecule has 6 heteroatoms. The molecule has 2 N–H and O–H groups in total. The minimum Gasteiger partial charge on any atom is -0.478 e. The first kappa shape index (κ1) is 13.9. The zero-order chi connectivity index (χ0) is 14.0. The van der Waals surface area contributed by atoms with Gasteiger partial charge < -0.3 is 15.3 Å². The monoisotopic (exact) mass is 326 g/mol. The first-order valence-corrected chi connectivity index (χ1v) is 6.85. The van der Waals surface area contributed by atoms with Crippen LogP contribution in [0.1, 0.15) is 23.2 Å². The molecular formula is C13H15BrN2O3. The molecule has 5 nitrogen and oxygen atoms in total. The predicted molar refractivity (Wildman–Crippen MR) is 75.5 cm³/mol. The summed E-state index contributed by atoms with van der Waals surface area (Å²) in [4.78, 5) is 24.8. The highest BCUT2D eigenvalue weighted by Gasteiger charge is 2.30. The van der Waals surface area contributed by atoms with Gasteiger partial charge in [0, 0.05) is 23.8 Å². The predicted octanol–water partition coefficient (Wildman–Crippen LogP) is 1.86. The Bertz CT molecular complexity index is 519. The molecule has 1 heterocycles. The Hall–Kier alpha value is -1.56. The fourth-order valence-electron chi connectivity index (χ4n) is 2.37. The second-order valence-corrected chi connectivity index (χ2v) is 5.29. The zero-order valence-corrected chi connectivity index (χ0v) is 12.1. The molecular weight excluding hydrogens is 312 g/mol. The normalized spacial score (nSPS) is 18.4. The molecule has 1 aliphatic rings. The van der Waals surface area contributed by atoms with E-state index in [0.29, 0.717) is 4.47 Å². The SMILES string of the molecule is CNC(=O)C1CCCN1c1ccc(C(=O)O)c(Br)c1. The summed E-state index contributed by atoms with van der Waals surface area (Å²) in [5, 5.41) is 11.7. The van der Waals surface area contributed by atoms with Gasteiger partial charge in [0.25, 0.3) is 0 Å². The molecule has 0 radical (unpaired) electrons. The van der Waals surface area contributed by atoms with Gasteiger partial charge in [0.05, 0.1) is 5.56 Å². The van der Waals surface area contributed by atoms with Crippen LogP contribution in [-0.2, 0) is 4.79 Å². The van der Waals surface area contributed by atoms with Crippen molar-refractivity contribution in [2.75, 3.05) is 18.5 Å². The van der Waals surface area contributed by atoms with Gasteiger partial charge in [-0.25, -0.2) is 4.79 Å². The second-order valence-electron chi connectivity index (χ2n) is 4.43. The van der Waals surface area contributed by atoms with Crippen molar-refractivity contribution in [1.29, 1.82) is 0 Å². The van der Waals surface area contributed by atoms with E-state index in [-0.39, 0.29) is 17.5 Å². The van der Waals surface area contributed by atoms with E-state index < -0.39 is 5.97 Å². The molecule has 1 aliphatic heterocycles. The molecule has 19 heavy (non-hydrogen) atoms. The summed E-state index contributed by atoms with van der Waals surface area (Å²) in [5.41, 5.74) is 1.09. The Morgan fingerprint density at radius 3 is 2.79 bits per heavy atom. The van der Waals surface area contributed by atoms with E-state index in [1.165, 1.54) is 0 Å². The molecule has 1 amide bonds. The number of hydrogen-bond acceptors (Lipinski definition) is 3. The maximum absolute atomic E-state index is 11.8. The van der Waals surface area contributed by atoms with Gasteiger partial charge in [0.15, 0.2) is 0 Å². The van der Waals surface area contributed by atoms with Gasteiger partial charge in [-0.1, -0.05) is 0 Å². The van der Waals surface area contributed by atoms with Crippen molar-refractivity contribution in [3.63, 3.8) is 0 Å². The quantitative estimate of drug-likeness (QED) is 0.889. The van der Waals surface area contributed by atoms with E-state index in [9.17, 15) is 9.59 Å². The van der Waals surface area contributed by atoms with Crippen molar-refractivity contribution < 1.29 is 14.7 Å².